The van der Waals surface area contributed by atoms with Crippen LogP contribution in [-0.4, -0.2) is 42.6 Å². The molecule has 4 heterocycles. The van der Waals surface area contributed by atoms with Gasteiger partial charge in [0.25, 0.3) is 5.56 Å². The molecule has 0 aromatic carbocycles. The predicted octanol–water partition coefficient (Wildman–Crippen LogP) is 0.677. The van der Waals surface area contributed by atoms with E-state index in [9.17, 15) is 4.79 Å². The maximum absolute atomic E-state index is 12.0. The normalized spacial score (nSPS) is 15.6. The predicted molar refractivity (Wildman–Crippen MR) is 80.3 cm³/mol. The summed E-state index contributed by atoms with van der Waals surface area (Å²) in [5.41, 5.74) is 0.437. The summed E-state index contributed by atoms with van der Waals surface area (Å²) >= 11 is 3.39. The van der Waals surface area contributed by atoms with E-state index in [1.54, 1.807) is 17.9 Å². The third-order valence-electron chi connectivity index (χ3n) is 3.70. The first kappa shape index (κ1) is 12.6. The summed E-state index contributed by atoms with van der Waals surface area (Å²) in [6.07, 6.45) is 5.25. The minimum Gasteiger partial charge on any atom is -0.338 e. The zero-order chi connectivity index (χ0) is 14.6. The fourth-order valence-corrected chi connectivity index (χ4v) is 2.78. The van der Waals surface area contributed by atoms with E-state index in [0.29, 0.717) is 23.0 Å². The molecule has 3 aromatic heterocycles. The third-order valence-corrected chi connectivity index (χ3v) is 4.10. The molecule has 1 aliphatic rings. The lowest BCUT2D eigenvalue weighted by Crippen LogP contribution is -2.49. The molecule has 3 aromatic rings. The number of aromatic amines is 1. The van der Waals surface area contributed by atoms with Crippen molar-refractivity contribution in [3.63, 3.8) is 0 Å². The largest absolute Gasteiger partial charge is 0.338 e. The van der Waals surface area contributed by atoms with E-state index in [-0.39, 0.29) is 5.56 Å². The van der Waals surface area contributed by atoms with Crippen LogP contribution in [0.1, 0.15) is 6.04 Å². The molecule has 108 valence electrons. The van der Waals surface area contributed by atoms with Crippen molar-refractivity contribution in [3.8, 4) is 0 Å². The van der Waals surface area contributed by atoms with E-state index in [2.05, 4.69) is 36.1 Å². The van der Waals surface area contributed by atoms with E-state index >= 15 is 0 Å². The van der Waals surface area contributed by atoms with Crippen molar-refractivity contribution in [2.24, 2.45) is 7.05 Å². The topological polar surface area (TPSA) is 84.6 Å². The number of hydrogen-bond donors (Lipinski definition) is 1. The number of anilines is 1. The van der Waals surface area contributed by atoms with Crippen LogP contribution in [0.25, 0.3) is 11.0 Å². The average molecular weight is 350 g/mol. The number of aromatic nitrogens is 6. The summed E-state index contributed by atoms with van der Waals surface area (Å²) < 4.78 is 4.49. The second-order valence-electron chi connectivity index (χ2n) is 5.09. The van der Waals surface area contributed by atoms with Crippen molar-refractivity contribution in [1.29, 1.82) is 0 Å². The molecule has 0 radical (unpaired) electrons. The number of aryl methyl sites for hydroxylation is 1. The Morgan fingerprint density at radius 3 is 2.86 bits per heavy atom. The molecule has 0 aliphatic carbocycles. The summed E-state index contributed by atoms with van der Waals surface area (Å²) in [7, 11) is 1.78. The monoisotopic (exact) mass is 349 g/mol. The van der Waals surface area contributed by atoms with Crippen LogP contribution in [0.2, 0.25) is 0 Å². The van der Waals surface area contributed by atoms with Crippen LogP contribution in [0.15, 0.2) is 27.9 Å². The molecule has 21 heavy (non-hydrogen) atoms. The molecule has 1 saturated heterocycles. The van der Waals surface area contributed by atoms with Gasteiger partial charge >= 0.3 is 0 Å². The number of rotatable bonds is 2. The Kier molecular flexibility index (Phi) is 2.64. The molecule has 0 saturated carbocycles. The van der Waals surface area contributed by atoms with Gasteiger partial charge in [-0.25, -0.2) is 0 Å². The van der Waals surface area contributed by atoms with E-state index < -0.39 is 0 Å². The van der Waals surface area contributed by atoms with Crippen LogP contribution < -0.4 is 10.5 Å². The van der Waals surface area contributed by atoms with Crippen LogP contribution in [0.4, 0.5) is 5.95 Å². The zero-order valence-electron chi connectivity index (χ0n) is 11.2. The number of nitrogens with one attached hydrogen (secondary N) is 1. The molecule has 4 rings (SSSR count). The molecular weight excluding hydrogens is 338 g/mol. The maximum atomic E-state index is 12.0. The van der Waals surface area contributed by atoms with Crippen molar-refractivity contribution in [3.05, 3.63) is 33.4 Å². The minimum absolute atomic E-state index is 0.159. The summed E-state index contributed by atoms with van der Waals surface area (Å²) in [5.74, 6) is 0.582. The smallest absolute Gasteiger partial charge is 0.263 e. The highest BCUT2D eigenvalue weighted by atomic mass is 79.9. The second kappa shape index (κ2) is 4.42. The Bertz CT molecular complexity index is 873. The molecule has 0 atom stereocenters. The van der Waals surface area contributed by atoms with E-state index in [0.717, 1.165) is 17.6 Å². The van der Waals surface area contributed by atoms with Gasteiger partial charge in [-0.1, -0.05) is 0 Å². The standard InChI is InChI=1S/C12H12BrN7O/c1-18-10-9(3-14-18)11(21)17-12(16-10)19-5-8(6-19)20-4-7(13)2-15-20/h2-4,8H,5-6H2,1H3,(H,16,17,21). The van der Waals surface area contributed by atoms with Crippen molar-refractivity contribution >= 4 is 32.9 Å². The fraction of sp³-hybridized carbons (Fsp3) is 0.333. The molecule has 0 spiro atoms. The van der Waals surface area contributed by atoms with Gasteiger partial charge in [-0.2, -0.15) is 15.2 Å². The third kappa shape index (κ3) is 1.96. The van der Waals surface area contributed by atoms with Crippen molar-refractivity contribution in [2.75, 3.05) is 18.0 Å². The minimum atomic E-state index is -0.159. The Hall–Kier alpha value is -2.16. The summed E-state index contributed by atoms with van der Waals surface area (Å²) in [6.45, 7) is 1.53. The number of halogens is 1. The molecule has 8 nitrogen and oxygen atoms in total. The van der Waals surface area contributed by atoms with E-state index in [1.807, 2.05) is 15.8 Å². The number of nitrogens with zero attached hydrogens (tertiary/aromatic N) is 6. The summed E-state index contributed by atoms with van der Waals surface area (Å²) in [4.78, 5) is 21.3. The van der Waals surface area contributed by atoms with Gasteiger partial charge in [-0.15, -0.1) is 0 Å². The Balaban J connectivity index is 1.61. The highest BCUT2D eigenvalue weighted by Crippen LogP contribution is 2.25. The first-order valence-electron chi connectivity index (χ1n) is 6.48. The lowest BCUT2D eigenvalue weighted by atomic mass is 10.1. The van der Waals surface area contributed by atoms with Crippen LogP contribution in [0.5, 0.6) is 0 Å². The zero-order valence-corrected chi connectivity index (χ0v) is 12.8. The van der Waals surface area contributed by atoms with Gasteiger partial charge in [0.15, 0.2) is 5.65 Å². The van der Waals surface area contributed by atoms with Crippen LogP contribution in [0.3, 0.4) is 0 Å². The van der Waals surface area contributed by atoms with Gasteiger partial charge in [0.1, 0.15) is 5.39 Å². The Labute approximate surface area is 127 Å². The first-order valence-corrected chi connectivity index (χ1v) is 7.28. The van der Waals surface area contributed by atoms with Crippen LogP contribution >= 0.6 is 15.9 Å². The van der Waals surface area contributed by atoms with Gasteiger partial charge in [0, 0.05) is 26.3 Å². The van der Waals surface area contributed by atoms with Gasteiger partial charge < -0.3 is 4.90 Å². The average Bonchev–Trinajstić information content (AvgIpc) is 2.96. The first-order chi connectivity index (χ1) is 10.1. The lowest BCUT2D eigenvalue weighted by molar-refractivity contribution is 0.363. The summed E-state index contributed by atoms with van der Waals surface area (Å²) in [6, 6.07) is 0.295. The fourth-order valence-electron chi connectivity index (χ4n) is 2.48. The van der Waals surface area contributed by atoms with Crippen LogP contribution in [-0.2, 0) is 7.05 Å². The van der Waals surface area contributed by atoms with Crippen molar-refractivity contribution < 1.29 is 0 Å². The van der Waals surface area contributed by atoms with Gasteiger partial charge in [0.05, 0.1) is 22.9 Å². The summed E-state index contributed by atoms with van der Waals surface area (Å²) in [5, 5.41) is 8.85. The van der Waals surface area contributed by atoms with Crippen LogP contribution in [0, 0.1) is 0 Å². The Morgan fingerprint density at radius 2 is 2.14 bits per heavy atom. The molecule has 0 amide bonds. The highest BCUT2D eigenvalue weighted by Gasteiger charge is 2.31. The molecule has 1 aliphatic heterocycles. The molecule has 9 heteroatoms. The molecule has 0 unspecified atom stereocenters. The van der Waals surface area contributed by atoms with Crippen molar-refractivity contribution in [1.82, 2.24) is 29.5 Å². The Morgan fingerprint density at radius 1 is 1.33 bits per heavy atom. The quantitative estimate of drug-likeness (QED) is 0.735. The molecular formula is C12H12BrN7O. The van der Waals surface area contributed by atoms with E-state index in [4.69, 9.17) is 0 Å². The van der Waals surface area contributed by atoms with Crippen molar-refractivity contribution in [2.45, 2.75) is 6.04 Å². The van der Waals surface area contributed by atoms with Gasteiger partial charge in [-0.3, -0.25) is 19.1 Å². The number of hydrogen-bond acceptors (Lipinski definition) is 5. The highest BCUT2D eigenvalue weighted by molar-refractivity contribution is 9.10. The second-order valence-corrected chi connectivity index (χ2v) is 6.01. The van der Waals surface area contributed by atoms with Gasteiger partial charge in [-0.05, 0) is 15.9 Å². The lowest BCUT2D eigenvalue weighted by Gasteiger charge is -2.39. The SMILES string of the molecule is Cn1ncc2c(=O)[nH]c(N3CC(n4cc(Br)cn4)C3)nc21. The molecule has 1 N–H and O–H groups in total. The molecule has 0 bridgehead atoms. The molecule has 1 fully saturated rings. The maximum Gasteiger partial charge on any atom is 0.263 e. The number of H-pyrrole nitrogens is 1. The van der Waals surface area contributed by atoms with Gasteiger partial charge in [0.2, 0.25) is 5.95 Å². The number of fused-ring (bicyclic) bond motifs is 1. The van der Waals surface area contributed by atoms with E-state index in [1.165, 1.54) is 6.20 Å².